The SMILES string of the molecule is Cc1cccc(F)c1NC(=O)c1cccc(CCl)c1. The van der Waals surface area contributed by atoms with Crippen LogP contribution in [0.1, 0.15) is 21.5 Å². The van der Waals surface area contributed by atoms with E-state index in [4.69, 9.17) is 11.6 Å². The van der Waals surface area contributed by atoms with Crippen LogP contribution in [0, 0.1) is 12.7 Å². The topological polar surface area (TPSA) is 29.1 Å². The Balaban J connectivity index is 2.25. The molecular weight excluding hydrogens is 265 g/mol. The number of benzene rings is 2. The summed E-state index contributed by atoms with van der Waals surface area (Å²) in [6.45, 7) is 1.74. The largest absolute Gasteiger partial charge is 0.319 e. The molecule has 2 rings (SSSR count). The molecule has 0 saturated heterocycles. The van der Waals surface area contributed by atoms with E-state index in [-0.39, 0.29) is 11.6 Å². The third-order valence-electron chi connectivity index (χ3n) is 2.80. The highest BCUT2D eigenvalue weighted by Crippen LogP contribution is 2.20. The van der Waals surface area contributed by atoms with Gasteiger partial charge in [-0.05, 0) is 36.2 Å². The Morgan fingerprint density at radius 3 is 2.68 bits per heavy atom. The Morgan fingerprint density at radius 1 is 1.26 bits per heavy atom. The lowest BCUT2D eigenvalue weighted by molar-refractivity contribution is 0.102. The van der Waals surface area contributed by atoms with Crippen LogP contribution < -0.4 is 5.32 Å². The lowest BCUT2D eigenvalue weighted by Crippen LogP contribution is -2.14. The van der Waals surface area contributed by atoms with E-state index < -0.39 is 5.82 Å². The Hall–Kier alpha value is -1.87. The molecule has 4 heteroatoms. The number of hydrogen-bond donors (Lipinski definition) is 1. The van der Waals surface area contributed by atoms with Crippen LogP contribution in [0.5, 0.6) is 0 Å². The molecule has 0 aliphatic rings. The number of alkyl halides is 1. The first-order valence-corrected chi connectivity index (χ1v) is 6.36. The predicted octanol–water partition coefficient (Wildman–Crippen LogP) is 4.13. The zero-order valence-corrected chi connectivity index (χ0v) is 11.2. The molecule has 98 valence electrons. The number of hydrogen-bond acceptors (Lipinski definition) is 1. The molecule has 0 aliphatic carbocycles. The first-order valence-electron chi connectivity index (χ1n) is 5.83. The van der Waals surface area contributed by atoms with Gasteiger partial charge in [-0.3, -0.25) is 4.79 Å². The summed E-state index contributed by atoms with van der Waals surface area (Å²) in [7, 11) is 0. The second-order valence-electron chi connectivity index (χ2n) is 4.22. The minimum Gasteiger partial charge on any atom is -0.319 e. The van der Waals surface area contributed by atoms with E-state index in [1.165, 1.54) is 6.07 Å². The summed E-state index contributed by atoms with van der Waals surface area (Å²) in [5, 5.41) is 2.59. The number of para-hydroxylation sites is 1. The van der Waals surface area contributed by atoms with Crippen molar-refractivity contribution in [2.24, 2.45) is 0 Å². The van der Waals surface area contributed by atoms with E-state index in [0.717, 1.165) is 5.56 Å². The highest BCUT2D eigenvalue weighted by molar-refractivity contribution is 6.17. The summed E-state index contributed by atoms with van der Waals surface area (Å²) in [6.07, 6.45) is 0. The molecule has 19 heavy (non-hydrogen) atoms. The van der Waals surface area contributed by atoms with E-state index in [0.29, 0.717) is 17.0 Å². The van der Waals surface area contributed by atoms with E-state index in [1.807, 2.05) is 6.07 Å². The fourth-order valence-corrected chi connectivity index (χ4v) is 1.94. The van der Waals surface area contributed by atoms with Crippen LogP contribution in [0.2, 0.25) is 0 Å². The summed E-state index contributed by atoms with van der Waals surface area (Å²) in [5.74, 6) is -0.457. The quantitative estimate of drug-likeness (QED) is 0.840. The number of anilines is 1. The van der Waals surface area contributed by atoms with Crippen LogP contribution in [0.3, 0.4) is 0 Å². The second kappa shape index (κ2) is 5.85. The van der Waals surface area contributed by atoms with Gasteiger partial charge in [0.2, 0.25) is 0 Å². The molecule has 2 aromatic rings. The molecule has 0 bridgehead atoms. The molecule has 0 fully saturated rings. The summed E-state index contributed by atoms with van der Waals surface area (Å²) >= 11 is 5.72. The summed E-state index contributed by atoms with van der Waals surface area (Å²) in [5.41, 5.74) is 2.20. The zero-order valence-electron chi connectivity index (χ0n) is 10.4. The van der Waals surface area contributed by atoms with Gasteiger partial charge in [0.25, 0.3) is 5.91 Å². The van der Waals surface area contributed by atoms with Crippen LogP contribution >= 0.6 is 11.6 Å². The van der Waals surface area contributed by atoms with Crippen molar-refractivity contribution < 1.29 is 9.18 Å². The Labute approximate surface area is 116 Å². The first-order chi connectivity index (χ1) is 9.11. The van der Waals surface area contributed by atoms with Gasteiger partial charge in [0.05, 0.1) is 5.69 Å². The van der Waals surface area contributed by atoms with Crippen molar-refractivity contribution in [2.45, 2.75) is 12.8 Å². The molecule has 2 aromatic carbocycles. The number of rotatable bonds is 3. The fraction of sp³-hybridized carbons (Fsp3) is 0.133. The second-order valence-corrected chi connectivity index (χ2v) is 4.49. The van der Waals surface area contributed by atoms with Gasteiger partial charge in [-0.25, -0.2) is 4.39 Å². The molecule has 1 amide bonds. The lowest BCUT2D eigenvalue weighted by Gasteiger charge is -2.09. The molecule has 1 N–H and O–H groups in total. The van der Waals surface area contributed by atoms with Gasteiger partial charge in [-0.1, -0.05) is 24.3 Å². The Morgan fingerprint density at radius 2 is 2.00 bits per heavy atom. The third-order valence-corrected chi connectivity index (χ3v) is 3.11. The van der Waals surface area contributed by atoms with Gasteiger partial charge in [-0.15, -0.1) is 11.6 Å². The van der Waals surface area contributed by atoms with Crippen LogP contribution in [-0.4, -0.2) is 5.91 Å². The number of halogens is 2. The van der Waals surface area contributed by atoms with Crippen LogP contribution in [0.4, 0.5) is 10.1 Å². The molecule has 0 atom stereocenters. The van der Waals surface area contributed by atoms with Crippen LogP contribution in [0.25, 0.3) is 0 Å². The number of amides is 1. The average molecular weight is 278 g/mol. The minimum absolute atomic E-state index is 0.212. The molecule has 0 unspecified atom stereocenters. The van der Waals surface area contributed by atoms with Gasteiger partial charge in [-0.2, -0.15) is 0 Å². The van der Waals surface area contributed by atoms with E-state index in [1.54, 1.807) is 37.3 Å². The predicted molar refractivity (Wildman–Crippen MR) is 75.1 cm³/mol. The number of carbonyl (C=O) groups is 1. The van der Waals surface area contributed by atoms with Gasteiger partial charge in [0.1, 0.15) is 5.82 Å². The van der Waals surface area contributed by atoms with Crippen LogP contribution in [-0.2, 0) is 5.88 Å². The van der Waals surface area contributed by atoms with Crippen molar-refractivity contribution in [3.8, 4) is 0 Å². The van der Waals surface area contributed by atoms with Crippen molar-refractivity contribution in [3.63, 3.8) is 0 Å². The van der Waals surface area contributed by atoms with Crippen molar-refractivity contribution in [1.29, 1.82) is 0 Å². The highest BCUT2D eigenvalue weighted by Gasteiger charge is 2.11. The lowest BCUT2D eigenvalue weighted by atomic mass is 10.1. The highest BCUT2D eigenvalue weighted by atomic mass is 35.5. The number of aryl methyl sites for hydroxylation is 1. The molecule has 0 radical (unpaired) electrons. The number of nitrogens with one attached hydrogen (secondary N) is 1. The smallest absolute Gasteiger partial charge is 0.255 e. The maximum absolute atomic E-state index is 13.6. The van der Waals surface area contributed by atoms with Crippen molar-refractivity contribution in [3.05, 3.63) is 65.0 Å². The van der Waals surface area contributed by atoms with Crippen LogP contribution in [0.15, 0.2) is 42.5 Å². The molecule has 0 aliphatic heterocycles. The monoisotopic (exact) mass is 277 g/mol. The number of carbonyl (C=O) groups excluding carboxylic acids is 1. The van der Waals surface area contributed by atoms with Gasteiger partial charge in [0.15, 0.2) is 0 Å². The zero-order chi connectivity index (χ0) is 13.8. The summed E-state index contributed by atoms with van der Waals surface area (Å²) < 4.78 is 13.6. The maximum atomic E-state index is 13.6. The molecule has 0 heterocycles. The van der Waals surface area contributed by atoms with E-state index in [9.17, 15) is 9.18 Å². The summed E-state index contributed by atoms with van der Waals surface area (Å²) in [4.78, 5) is 12.1. The van der Waals surface area contributed by atoms with Gasteiger partial charge >= 0.3 is 0 Å². The average Bonchev–Trinajstić information content (AvgIpc) is 2.43. The summed E-state index contributed by atoms with van der Waals surface area (Å²) in [6, 6.07) is 11.6. The van der Waals surface area contributed by atoms with Gasteiger partial charge in [0, 0.05) is 11.4 Å². The normalized spacial score (nSPS) is 10.3. The molecular formula is C15H13ClFNO. The molecule has 0 spiro atoms. The van der Waals surface area contributed by atoms with Gasteiger partial charge < -0.3 is 5.32 Å². The Kier molecular flexibility index (Phi) is 4.17. The standard InChI is InChI=1S/C15H13ClFNO/c1-10-4-2-7-13(17)14(10)18-15(19)12-6-3-5-11(8-12)9-16/h2-8H,9H2,1H3,(H,18,19). The van der Waals surface area contributed by atoms with E-state index in [2.05, 4.69) is 5.32 Å². The molecule has 2 nitrogen and oxygen atoms in total. The van der Waals surface area contributed by atoms with Crippen molar-refractivity contribution in [2.75, 3.05) is 5.32 Å². The molecule has 0 saturated carbocycles. The minimum atomic E-state index is -0.443. The fourth-order valence-electron chi connectivity index (χ4n) is 1.77. The Bertz CT molecular complexity index is 593. The molecule has 0 aromatic heterocycles. The van der Waals surface area contributed by atoms with Crippen molar-refractivity contribution >= 4 is 23.2 Å². The maximum Gasteiger partial charge on any atom is 0.255 e. The first kappa shape index (κ1) is 13.6. The third kappa shape index (κ3) is 3.12. The van der Waals surface area contributed by atoms with E-state index >= 15 is 0 Å². The van der Waals surface area contributed by atoms with Crippen molar-refractivity contribution in [1.82, 2.24) is 0 Å².